The summed E-state index contributed by atoms with van der Waals surface area (Å²) in [5.74, 6) is 1.46. The van der Waals surface area contributed by atoms with Crippen molar-refractivity contribution in [3.8, 4) is 0 Å². The molecule has 1 spiro atoms. The van der Waals surface area contributed by atoms with Gasteiger partial charge in [0, 0.05) is 43.5 Å². The molecule has 5 N–H and O–H groups in total. The van der Waals surface area contributed by atoms with E-state index < -0.39 is 0 Å². The Balaban J connectivity index is 1.30. The number of amidine groups is 1. The highest BCUT2D eigenvalue weighted by atomic mass is 15.1. The van der Waals surface area contributed by atoms with Gasteiger partial charge in [-0.1, -0.05) is 60.7 Å². The molecular formula is C31H40N6. The summed E-state index contributed by atoms with van der Waals surface area (Å²) < 4.78 is 0. The third kappa shape index (κ3) is 6.83. The first-order valence-corrected chi connectivity index (χ1v) is 13.2. The molecule has 0 radical (unpaired) electrons. The smallest absolute Gasteiger partial charge is 0.118 e. The quantitative estimate of drug-likeness (QED) is 0.325. The van der Waals surface area contributed by atoms with E-state index in [0.717, 1.165) is 26.2 Å². The highest BCUT2D eigenvalue weighted by molar-refractivity contribution is 6.21. The standard InChI is InChI=1S/C31H40N6/c1-23(32)27(21-35-2)29(33)13-14-30(34)36-20-26-19-31(26)15-17-37(18-16-31)22-28(24-9-5-3-6-10-24)25-11-7-4-8-12-25/h3-14,21,26,28,33H,15-20,22,32H2,1-2H3,(H2,34,36)/b14-13-,27-23?,33-29?,35-21?. The summed E-state index contributed by atoms with van der Waals surface area (Å²) in [6, 6.07) is 21.8. The van der Waals surface area contributed by atoms with Crippen molar-refractivity contribution >= 4 is 17.8 Å². The first kappa shape index (κ1) is 26.6. The first-order chi connectivity index (χ1) is 17.9. The number of hydrogen-bond donors (Lipinski definition) is 3. The van der Waals surface area contributed by atoms with Gasteiger partial charge in [0.15, 0.2) is 0 Å². The van der Waals surface area contributed by atoms with Crippen LogP contribution in [-0.2, 0) is 0 Å². The molecule has 4 rings (SSSR count). The van der Waals surface area contributed by atoms with Crippen molar-refractivity contribution in [2.75, 3.05) is 33.2 Å². The molecule has 2 aromatic rings. The predicted molar refractivity (Wildman–Crippen MR) is 156 cm³/mol. The Morgan fingerprint density at radius 1 is 1.03 bits per heavy atom. The molecule has 2 aromatic carbocycles. The molecule has 1 saturated heterocycles. The van der Waals surface area contributed by atoms with Crippen LogP contribution in [0.15, 0.2) is 94.1 Å². The second-order valence-corrected chi connectivity index (χ2v) is 10.4. The molecule has 1 unspecified atom stereocenters. The Morgan fingerprint density at radius 3 is 2.16 bits per heavy atom. The molecule has 1 aliphatic carbocycles. The Labute approximate surface area is 221 Å². The molecule has 37 heavy (non-hydrogen) atoms. The van der Waals surface area contributed by atoms with E-state index in [9.17, 15) is 0 Å². The number of benzene rings is 2. The lowest BCUT2D eigenvalue weighted by molar-refractivity contribution is 0.159. The summed E-state index contributed by atoms with van der Waals surface area (Å²) in [5, 5.41) is 8.20. The van der Waals surface area contributed by atoms with E-state index in [-0.39, 0.29) is 5.71 Å². The summed E-state index contributed by atoms with van der Waals surface area (Å²) in [6.07, 6.45) is 8.62. The van der Waals surface area contributed by atoms with Gasteiger partial charge in [0.2, 0.25) is 0 Å². The Kier molecular flexibility index (Phi) is 8.72. The van der Waals surface area contributed by atoms with Gasteiger partial charge in [-0.15, -0.1) is 0 Å². The van der Waals surface area contributed by atoms with Gasteiger partial charge in [0.1, 0.15) is 5.84 Å². The molecule has 0 amide bonds. The molecule has 194 valence electrons. The van der Waals surface area contributed by atoms with E-state index in [1.165, 1.54) is 30.4 Å². The molecule has 1 atom stereocenters. The van der Waals surface area contributed by atoms with Crippen LogP contribution in [0.5, 0.6) is 0 Å². The van der Waals surface area contributed by atoms with E-state index in [4.69, 9.17) is 16.9 Å². The largest absolute Gasteiger partial charge is 0.402 e. The maximum atomic E-state index is 8.20. The van der Waals surface area contributed by atoms with Crippen LogP contribution < -0.4 is 11.5 Å². The fraction of sp³-hybridized carbons (Fsp3) is 0.387. The number of likely N-dealkylation sites (tertiary alicyclic amines) is 1. The average molecular weight is 497 g/mol. The van der Waals surface area contributed by atoms with Crippen LogP contribution in [0.1, 0.15) is 43.2 Å². The number of nitrogens with two attached hydrogens (primary N) is 2. The third-order valence-corrected chi connectivity index (χ3v) is 7.94. The van der Waals surface area contributed by atoms with Crippen LogP contribution in [-0.4, -0.2) is 55.9 Å². The number of nitrogens with one attached hydrogen (secondary N) is 1. The van der Waals surface area contributed by atoms with Crippen molar-refractivity contribution in [3.05, 3.63) is 95.2 Å². The number of rotatable bonds is 10. The first-order valence-electron chi connectivity index (χ1n) is 13.2. The summed E-state index contributed by atoms with van der Waals surface area (Å²) in [5.41, 5.74) is 16.6. The van der Waals surface area contributed by atoms with Crippen LogP contribution in [0.3, 0.4) is 0 Å². The van der Waals surface area contributed by atoms with Crippen molar-refractivity contribution in [1.82, 2.24) is 4.90 Å². The van der Waals surface area contributed by atoms with Crippen LogP contribution >= 0.6 is 0 Å². The van der Waals surface area contributed by atoms with Gasteiger partial charge in [-0.2, -0.15) is 0 Å². The highest BCUT2D eigenvalue weighted by Crippen LogP contribution is 2.59. The van der Waals surface area contributed by atoms with Crippen molar-refractivity contribution in [2.45, 2.75) is 32.1 Å². The maximum absolute atomic E-state index is 8.20. The van der Waals surface area contributed by atoms with Crippen molar-refractivity contribution in [2.24, 2.45) is 32.8 Å². The molecule has 1 saturated carbocycles. The Morgan fingerprint density at radius 2 is 1.62 bits per heavy atom. The average Bonchev–Trinajstić information content (AvgIpc) is 3.61. The van der Waals surface area contributed by atoms with E-state index in [2.05, 4.69) is 75.5 Å². The summed E-state index contributed by atoms with van der Waals surface area (Å²) in [4.78, 5) is 11.2. The highest BCUT2D eigenvalue weighted by Gasteiger charge is 2.54. The third-order valence-electron chi connectivity index (χ3n) is 7.94. The van der Waals surface area contributed by atoms with Crippen LogP contribution in [0.4, 0.5) is 0 Å². The normalized spacial score (nSPS) is 20.6. The molecule has 1 heterocycles. The molecule has 1 aliphatic heterocycles. The Hall–Kier alpha value is -3.51. The second-order valence-electron chi connectivity index (χ2n) is 10.4. The van der Waals surface area contributed by atoms with E-state index in [0.29, 0.717) is 34.4 Å². The number of nitrogens with zero attached hydrogens (tertiary/aromatic N) is 3. The minimum Gasteiger partial charge on any atom is -0.402 e. The summed E-state index contributed by atoms with van der Waals surface area (Å²) >= 11 is 0. The van der Waals surface area contributed by atoms with Gasteiger partial charge in [-0.3, -0.25) is 9.98 Å². The number of aliphatic imine (C=N–C) groups is 2. The summed E-state index contributed by atoms with van der Waals surface area (Å²) in [6.45, 7) is 5.84. The molecule has 6 heteroatoms. The van der Waals surface area contributed by atoms with Gasteiger partial charge < -0.3 is 21.8 Å². The SMILES string of the molecule is CN=CC(C(=N)/C=C\C(N)=NCC1CC12CCN(CC(c1ccccc1)c1ccccc1)CC2)=C(C)N. The molecule has 0 bridgehead atoms. The van der Waals surface area contributed by atoms with E-state index in [1.807, 2.05) is 0 Å². The zero-order chi connectivity index (χ0) is 26.3. The van der Waals surface area contributed by atoms with Crippen LogP contribution in [0.25, 0.3) is 0 Å². The van der Waals surface area contributed by atoms with Gasteiger partial charge in [0.05, 0.1) is 5.71 Å². The Bertz CT molecular complexity index is 1130. The topological polar surface area (TPSA) is 104 Å². The maximum Gasteiger partial charge on any atom is 0.118 e. The van der Waals surface area contributed by atoms with Gasteiger partial charge in [0.25, 0.3) is 0 Å². The van der Waals surface area contributed by atoms with Crippen LogP contribution in [0, 0.1) is 16.7 Å². The molecular weight excluding hydrogens is 456 g/mol. The van der Waals surface area contributed by atoms with Crippen LogP contribution in [0.2, 0.25) is 0 Å². The fourth-order valence-electron chi connectivity index (χ4n) is 5.56. The van der Waals surface area contributed by atoms with E-state index in [1.54, 1.807) is 32.3 Å². The number of allylic oxidation sites excluding steroid dienone is 3. The van der Waals surface area contributed by atoms with Crippen molar-refractivity contribution in [1.29, 1.82) is 5.41 Å². The second kappa shape index (κ2) is 12.2. The molecule has 6 nitrogen and oxygen atoms in total. The van der Waals surface area contributed by atoms with Gasteiger partial charge in [-0.05, 0) is 73.9 Å². The lowest BCUT2D eigenvalue weighted by atomic mass is 9.87. The lowest BCUT2D eigenvalue weighted by Crippen LogP contribution is -2.38. The number of hydrogen-bond acceptors (Lipinski definition) is 5. The van der Waals surface area contributed by atoms with Crippen molar-refractivity contribution < 1.29 is 0 Å². The van der Waals surface area contributed by atoms with Gasteiger partial charge in [-0.25, -0.2) is 0 Å². The molecule has 2 fully saturated rings. The fourth-order valence-corrected chi connectivity index (χ4v) is 5.56. The zero-order valence-electron chi connectivity index (χ0n) is 22.1. The zero-order valence-corrected chi connectivity index (χ0v) is 22.1. The predicted octanol–water partition coefficient (Wildman–Crippen LogP) is 4.79. The summed E-state index contributed by atoms with van der Waals surface area (Å²) in [7, 11) is 1.66. The minimum absolute atomic E-state index is 0.281. The van der Waals surface area contributed by atoms with E-state index >= 15 is 0 Å². The van der Waals surface area contributed by atoms with Crippen molar-refractivity contribution in [3.63, 3.8) is 0 Å². The number of piperidine rings is 1. The monoisotopic (exact) mass is 496 g/mol. The molecule has 2 aliphatic rings. The lowest BCUT2D eigenvalue weighted by Gasteiger charge is -2.35. The molecule has 0 aromatic heterocycles. The van der Waals surface area contributed by atoms with Gasteiger partial charge >= 0.3 is 0 Å². The minimum atomic E-state index is 0.281.